The predicted molar refractivity (Wildman–Crippen MR) is 234 cm³/mol. The topological polar surface area (TPSA) is 3.01 Å². The summed E-state index contributed by atoms with van der Waals surface area (Å²) in [7, 11) is 0. The molecule has 0 spiro atoms. The second-order valence-corrected chi connectivity index (χ2v) is 15.3. The van der Waals surface area contributed by atoms with Crippen molar-refractivity contribution in [2.75, 3.05) is 0 Å². The summed E-state index contributed by atoms with van der Waals surface area (Å²) in [6.45, 7) is 0.719. The summed E-state index contributed by atoms with van der Waals surface area (Å²) >= 11 is 0. The van der Waals surface area contributed by atoms with E-state index in [4.69, 9.17) is 0 Å². The van der Waals surface area contributed by atoms with E-state index < -0.39 is 11.6 Å². The van der Waals surface area contributed by atoms with Crippen molar-refractivity contribution in [1.82, 2.24) is 0 Å². The van der Waals surface area contributed by atoms with Gasteiger partial charge in [-0.1, -0.05) is 241 Å². The first-order valence-electron chi connectivity index (χ1n) is 19.8. The van der Waals surface area contributed by atoms with E-state index in [0.717, 1.165) is 6.54 Å². The summed E-state index contributed by atoms with van der Waals surface area (Å²) < 4.78 is 2.89. The van der Waals surface area contributed by atoms with E-state index in [9.17, 15) is 0 Å². The van der Waals surface area contributed by atoms with Gasteiger partial charge in [-0.05, 0) is 46.0 Å². The molecule has 0 saturated carbocycles. The molecule has 3 atom stereocenters. The van der Waals surface area contributed by atoms with Crippen LogP contribution in [-0.4, -0.2) is 16.5 Å². The van der Waals surface area contributed by atoms with Crippen molar-refractivity contribution in [1.29, 1.82) is 0 Å². The lowest BCUT2D eigenvalue weighted by atomic mass is 9.11. The summed E-state index contributed by atoms with van der Waals surface area (Å²) in [5, 5.41) is -0.653. The highest BCUT2D eigenvalue weighted by Gasteiger charge is 2.72. The van der Waals surface area contributed by atoms with Crippen LogP contribution < -0.4 is 5.46 Å². The highest BCUT2D eigenvalue weighted by atomic mass is 15.0. The zero-order valence-electron chi connectivity index (χ0n) is 31.3. The van der Waals surface area contributed by atoms with Gasteiger partial charge in [0.2, 0.25) is 0 Å². The minimum Gasteiger partial charge on any atom is -0.440 e. The summed E-state index contributed by atoms with van der Waals surface area (Å²) in [6.07, 6.45) is -1.92. The molecule has 8 aromatic carbocycles. The predicted octanol–water partition coefficient (Wildman–Crippen LogP) is 11.4. The average Bonchev–Trinajstić information content (AvgIpc) is 3.59. The van der Waals surface area contributed by atoms with Crippen molar-refractivity contribution in [2.24, 2.45) is 0 Å². The van der Waals surface area contributed by atoms with Crippen molar-refractivity contribution in [3.05, 3.63) is 281 Å². The van der Waals surface area contributed by atoms with Gasteiger partial charge in [0.1, 0.15) is 6.54 Å². The van der Waals surface area contributed by atoms with Crippen LogP contribution in [0.25, 0.3) is 11.1 Å². The molecule has 1 unspecified atom stereocenters. The van der Waals surface area contributed by atoms with Crippen LogP contribution in [0.4, 0.5) is 0 Å². The second kappa shape index (κ2) is 14.1. The average molecular weight is 716 g/mol. The monoisotopic (exact) mass is 715 g/mol. The molecule has 2 aliphatic rings. The molecule has 2 heterocycles. The van der Waals surface area contributed by atoms with Crippen molar-refractivity contribution < 1.29 is 4.49 Å². The van der Waals surface area contributed by atoms with Crippen LogP contribution >= 0.6 is 0 Å². The van der Waals surface area contributed by atoms with E-state index in [1.165, 1.54) is 66.8 Å². The molecule has 56 heavy (non-hydrogen) atoms. The van der Waals surface area contributed by atoms with E-state index in [1.54, 1.807) is 0 Å². The number of hydrogen-bond acceptors (Lipinski definition) is 0. The number of allylic oxidation sites excluding steroid dienone is 2. The van der Waals surface area contributed by atoms with Crippen LogP contribution in [-0.2, 0) is 11.9 Å². The van der Waals surface area contributed by atoms with Gasteiger partial charge in [-0.15, -0.1) is 5.46 Å². The first-order chi connectivity index (χ1) is 27.8. The molecule has 0 N–H and O–H groups in total. The fraction of sp³-hybridized carbons (Fsp3) is 0.0556. The molecule has 1 nitrogen and oxygen atoms in total. The molecule has 0 fully saturated rings. The van der Waals surface area contributed by atoms with Gasteiger partial charge in [-0.2, -0.15) is 0 Å². The van der Waals surface area contributed by atoms with Gasteiger partial charge < -0.3 is 4.49 Å². The summed E-state index contributed by atoms with van der Waals surface area (Å²) in [5.74, 6) is -0.0628. The fourth-order valence-corrected chi connectivity index (χ4v) is 10.8. The van der Waals surface area contributed by atoms with Crippen LogP contribution in [0.2, 0.25) is 0 Å². The Morgan fingerprint density at radius 2 is 0.893 bits per heavy atom. The third kappa shape index (κ3) is 5.06. The number of hydrogen-bond donors (Lipinski definition) is 0. The van der Waals surface area contributed by atoms with Gasteiger partial charge in [0.25, 0.3) is 0 Å². The Morgan fingerprint density at radius 1 is 0.429 bits per heavy atom. The Kier molecular flexibility index (Phi) is 8.53. The SMILES string of the molecule is c1ccc(C[N+]2=C(c3ccccc3)c3ccccc3[C@@]3(c4ccccc4)C(c4ccccc4)=C(c4ccccc4)[C@H](c4ccccc4)[B-]23c2ccccc2)cc1. The quantitative estimate of drug-likeness (QED) is 0.138. The number of nitrogens with zero attached hydrogens (tertiary/aromatic N) is 1. The lowest BCUT2D eigenvalue weighted by Gasteiger charge is -2.57. The van der Waals surface area contributed by atoms with Gasteiger partial charge in [-0.3, -0.25) is 0 Å². The first kappa shape index (κ1) is 33.8. The van der Waals surface area contributed by atoms with Crippen LogP contribution in [0.1, 0.15) is 50.3 Å². The molecule has 0 amide bonds. The molecular formula is C54H42BN. The van der Waals surface area contributed by atoms with Crippen LogP contribution in [0.5, 0.6) is 0 Å². The minimum atomic E-state index is -1.92. The molecule has 0 aromatic heterocycles. The molecule has 0 radical (unpaired) electrons. The Balaban J connectivity index is 1.54. The van der Waals surface area contributed by atoms with Crippen LogP contribution in [0.3, 0.4) is 0 Å². The molecule has 0 bridgehead atoms. The van der Waals surface area contributed by atoms with E-state index in [0.29, 0.717) is 0 Å². The second-order valence-electron chi connectivity index (χ2n) is 15.3. The van der Waals surface area contributed by atoms with Gasteiger partial charge in [-0.25, -0.2) is 0 Å². The smallest absolute Gasteiger partial charge is 0.330 e. The summed E-state index contributed by atoms with van der Waals surface area (Å²) in [4.78, 5) is 0. The lowest BCUT2D eigenvalue weighted by Crippen LogP contribution is -2.75. The minimum absolute atomic E-state index is 0.0628. The lowest BCUT2D eigenvalue weighted by molar-refractivity contribution is -0.420. The van der Waals surface area contributed by atoms with Crippen LogP contribution in [0, 0.1) is 0 Å². The van der Waals surface area contributed by atoms with Gasteiger partial charge in [0, 0.05) is 16.7 Å². The maximum atomic E-state index is 2.89. The van der Waals surface area contributed by atoms with Crippen LogP contribution in [0.15, 0.2) is 237 Å². The van der Waals surface area contributed by atoms with Gasteiger partial charge in [0.05, 0.1) is 0 Å². The number of benzene rings is 8. The van der Waals surface area contributed by atoms with E-state index in [1.807, 2.05) is 0 Å². The van der Waals surface area contributed by atoms with Crippen molar-refractivity contribution >= 4 is 28.6 Å². The first-order valence-corrected chi connectivity index (χ1v) is 19.8. The van der Waals surface area contributed by atoms with Gasteiger partial charge >= 0.3 is 6.28 Å². The Hall–Kier alpha value is -6.77. The summed E-state index contributed by atoms with van der Waals surface area (Å²) in [6, 6.07) is 88.6. The largest absolute Gasteiger partial charge is 0.440 e. The third-order valence-electron chi connectivity index (χ3n) is 12.6. The molecular weight excluding hydrogens is 673 g/mol. The van der Waals surface area contributed by atoms with Gasteiger partial charge in [0.15, 0.2) is 5.71 Å². The van der Waals surface area contributed by atoms with Crippen molar-refractivity contribution in [2.45, 2.75) is 17.7 Å². The van der Waals surface area contributed by atoms with E-state index >= 15 is 0 Å². The molecule has 2 aliphatic heterocycles. The maximum absolute atomic E-state index is 2.89. The zero-order valence-corrected chi connectivity index (χ0v) is 31.3. The Morgan fingerprint density at radius 3 is 1.50 bits per heavy atom. The fourth-order valence-electron chi connectivity index (χ4n) is 10.8. The summed E-state index contributed by atoms with van der Waals surface area (Å²) in [5.41, 5.74) is 15.5. The maximum Gasteiger partial charge on any atom is 0.330 e. The third-order valence-corrected chi connectivity index (χ3v) is 12.6. The Bertz CT molecular complexity index is 2680. The normalized spacial score (nSPS) is 20.0. The van der Waals surface area contributed by atoms with E-state index in [2.05, 4.69) is 241 Å². The highest BCUT2D eigenvalue weighted by Crippen LogP contribution is 2.67. The highest BCUT2D eigenvalue weighted by molar-refractivity contribution is 6.95. The van der Waals surface area contributed by atoms with E-state index in [-0.39, 0.29) is 5.82 Å². The number of rotatable bonds is 8. The number of fused-ring (bicyclic) bond motifs is 3. The molecule has 0 saturated heterocycles. The molecule has 0 aliphatic carbocycles. The molecule has 266 valence electrons. The molecule has 8 aromatic rings. The Labute approximate surface area is 330 Å². The standard InChI is InChI=1S/C54H42BN/c1-8-24-41(25-9-1)40-56-53(45-32-16-5-17-33-45)48-38-22-23-39-49(48)54(46-34-18-6-19-35-46)51(43-28-12-3-13-29-43)50(42-26-10-2-11-27-42)52(44-30-14-4-15-31-44)55(54,56)47-36-20-7-21-37-47/h1-39,52H,40H2/t52-,54-,55?/m0/s1. The zero-order chi connectivity index (χ0) is 37.4. The van der Waals surface area contributed by atoms with Crippen molar-refractivity contribution in [3.63, 3.8) is 0 Å². The molecule has 10 rings (SSSR count). The van der Waals surface area contributed by atoms with Crippen molar-refractivity contribution in [3.8, 4) is 0 Å². The molecule has 2 heteroatoms.